The summed E-state index contributed by atoms with van der Waals surface area (Å²) in [5.74, 6) is 1.19. The Morgan fingerprint density at radius 3 is 2.86 bits per heavy atom. The predicted molar refractivity (Wildman–Crippen MR) is 82.2 cm³/mol. The number of carbonyl (C=O) groups is 1. The van der Waals surface area contributed by atoms with Crippen LogP contribution in [-0.2, 0) is 4.74 Å². The molecule has 0 aromatic heterocycles. The zero-order valence-corrected chi connectivity index (χ0v) is 12.2. The Morgan fingerprint density at radius 2 is 2.10 bits per heavy atom. The highest BCUT2D eigenvalue weighted by Gasteiger charge is 2.37. The second-order valence-corrected chi connectivity index (χ2v) is 5.78. The largest absolute Gasteiger partial charge is 0.377 e. The van der Waals surface area contributed by atoms with Crippen molar-refractivity contribution in [2.75, 3.05) is 26.3 Å². The summed E-state index contributed by atoms with van der Waals surface area (Å²) >= 11 is 0. The van der Waals surface area contributed by atoms with Crippen molar-refractivity contribution in [1.82, 2.24) is 10.6 Å². The molecule has 4 heteroatoms. The van der Waals surface area contributed by atoms with Crippen LogP contribution in [0, 0.1) is 5.92 Å². The molecule has 112 valence electrons. The molecule has 1 aliphatic heterocycles. The number of benzene rings is 1. The van der Waals surface area contributed by atoms with Crippen molar-refractivity contribution in [3.8, 4) is 0 Å². The molecular formula is C17H22N2O2. The van der Waals surface area contributed by atoms with Crippen LogP contribution in [0.3, 0.4) is 0 Å². The first kappa shape index (κ1) is 14.1. The standard InChI is InChI=1S/C17H22N2O2/c20-17(18-10-13-5-4-8-21-12-13)19-11-15-9-16(15)14-6-2-1-3-7-14/h1-3,5-7,15-16H,4,8-12H2,(H2,18,19,20)/t15-,16-/m0/s1. The molecular weight excluding hydrogens is 264 g/mol. The lowest BCUT2D eigenvalue weighted by molar-refractivity contribution is 0.149. The van der Waals surface area contributed by atoms with Gasteiger partial charge >= 0.3 is 6.03 Å². The lowest BCUT2D eigenvalue weighted by Crippen LogP contribution is -2.38. The van der Waals surface area contributed by atoms with Crippen molar-refractivity contribution in [3.63, 3.8) is 0 Å². The van der Waals surface area contributed by atoms with E-state index in [0.29, 0.717) is 25.0 Å². The maximum Gasteiger partial charge on any atom is 0.315 e. The quantitative estimate of drug-likeness (QED) is 0.817. The van der Waals surface area contributed by atoms with E-state index in [4.69, 9.17) is 4.74 Å². The first-order valence-electron chi connectivity index (χ1n) is 7.65. The summed E-state index contributed by atoms with van der Waals surface area (Å²) in [5, 5.41) is 5.86. The number of nitrogens with one attached hydrogen (secondary N) is 2. The minimum atomic E-state index is -0.0832. The van der Waals surface area contributed by atoms with Crippen LogP contribution in [0.5, 0.6) is 0 Å². The van der Waals surface area contributed by atoms with Crippen LogP contribution >= 0.6 is 0 Å². The first-order valence-corrected chi connectivity index (χ1v) is 7.65. The van der Waals surface area contributed by atoms with Gasteiger partial charge in [-0.1, -0.05) is 36.4 Å². The zero-order valence-electron chi connectivity index (χ0n) is 12.2. The van der Waals surface area contributed by atoms with E-state index in [1.54, 1.807) is 0 Å². The molecule has 1 heterocycles. The van der Waals surface area contributed by atoms with Crippen LogP contribution in [0.15, 0.2) is 42.0 Å². The molecule has 0 saturated heterocycles. The van der Waals surface area contributed by atoms with Gasteiger partial charge in [0.05, 0.1) is 13.2 Å². The van der Waals surface area contributed by atoms with Crippen LogP contribution in [0.1, 0.15) is 24.3 Å². The highest BCUT2D eigenvalue weighted by molar-refractivity contribution is 5.74. The summed E-state index contributed by atoms with van der Waals surface area (Å²) in [6.07, 6.45) is 4.26. The molecule has 0 radical (unpaired) electrons. The molecule has 1 aromatic carbocycles. The van der Waals surface area contributed by atoms with Crippen molar-refractivity contribution in [3.05, 3.63) is 47.5 Å². The number of amides is 2. The average Bonchev–Trinajstić information content (AvgIpc) is 3.32. The minimum absolute atomic E-state index is 0.0832. The van der Waals surface area contributed by atoms with Gasteiger partial charge in [0, 0.05) is 13.1 Å². The van der Waals surface area contributed by atoms with E-state index < -0.39 is 0 Å². The Hall–Kier alpha value is -1.81. The van der Waals surface area contributed by atoms with Crippen LogP contribution in [0.2, 0.25) is 0 Å². The number of urea groups is 1. The number of rotatable bonds is 5. The minimum Gasteiger partial charge on any atom is -0.377 e. The van der Waals surface area contributed by atoms with E-state index in [0.717, 1.165) is 25.1 Å². The van der Waals surface area contributed by atoms with Crippen molar-refractivity contribution >= 4 is 6.03 Å². The molecule has 1 fully saturated rings. The average molecular weight is 286 g/mol. The molecule has 2 aliphatic rings. The third kappa shape index (κ3) is 4.08. The van der Waals surface area contributed by atoms with Crippen LogP contribution < -0.4 is 10.6 Å². The van der Waals surface area contributed by atoms with Gasteiger partial charge in [0.15, 0.2) is 0 Å². The lowest BCUT2D eigenvalue weighted by atomic mass is 10.1. The van der Waals surface area contributed by atoms with E-state index >= 15 is 0 Å². The molecule has 2 amide bonds. The SMILES string of the molecule is O=C(NCC1=CCCOC1)NC[C@@H]1C[C@H]1c1ccccc1. The third-order valence-electron chi connectivity index (χ3n) is 4.13. The highest BCUT2D eigenvalue weighted by Crippen LogP contribution is 2.46. The van der Waals surface area contributed by atoms with Crippen LogP contribution in [-0.4, -0.2) is 32.3 Å². The fourth-order valence-electron chi connectivity index (χ4n) is 2.79. The number of hydrogen-bond donors (Lipinski definition) is 2. The van der Waals surface area contributed by atoms with Gasteiger partial charge < -0.3 is 15.4 Å². The zero-order chi connectivity index (χ0) is 14.5. The topological polar surface area (TPSA) is 50.4 Å². The van der Waals surface area contributed by atoms with E-state index in [9.17, 15) is 4.79 Å². The molecule has 21 heavy (non-hydrogen) atoms. The van der Waals surface area contributed by atoms with Crippen molar-refractivity contribution in [2.24, 2.45) is 5.92 Å². The normalized spacial score (nSPS) is 24.1. The first-order chi connectivity index (χ1) is 10.3. The van der Waals surface area contributed by atoms with E-state index in [-0.39, 0.29) is 6.03 Å². The Morgan fingerprint density at radius 1 is 1.24 bits per heavy atom. The second-order valence-electron chi connectivity index (χ2n) is 5.78. The molecule has 1 saturated carbocycles. The molecule has 0 bridgehead atoms. The van der Waals surface area contributed by atoms with Gasteiger partial charge in [-0.25, -0.2) is 4.79 Å². The smallest absolute Gasteiger partial charge is 0.315 e. The maximum absolute atomic E-state index is 11.8. The van der Waals surface area contributed by atoms with Crippen molar-refractivity contribution < 1.29 is 9.53 Å². The Labute approximate surface area is 125 Å². The Kier molecular flexibility index (Phi) is 4.55. The maximum atomic E-state index is 11.8. The van der Waals surface area contributed by atoms with Gasteiger partial charge in [0.1, 0.15) is 0 Å². The number of ether oxygens (including phenoxy) is 1. The van der Waals surface area contributed by atoms with Gasteiger partial charge in [-0.05, 0) is 35.8 Å². The summed E-state index contributed by atoms with van der Waals surface area (Å²) in [4.78, 5) is 11.8. The highest BCUT2D eigenvalue weighted by atomic mass is 16.5. The van der Waals surface area contributed by atoms with Crippen LogP contribution in [0.25, 0.3) is 0 Å². The van der Waals surface area contributed by atoms with Gasteiger partial charge in [-0.15, -0.1) is 0 Å². The monoisotopic (exact) mass is 286 g/mol. The Balaban J connectivity index is 1.34. The molecule has 2 atom stereocenters. The molecule has 0 unspecified atom stereocenters. The summed E-state index contributed by atoms with van der Waals surface area (Å²) in [5.41, 5.74) is 2.54. The molecule has 1 aromatic rings. The number of carbonyl (C=O) groups excluding carboxylic acids is 1. The Bertz CT molecular complexity index is 513. The van der Waals surface area contributed by atoms with Crippen LogP contribution in [0.4, 0.5) is 4.79 Å². The van der Waals surface area contributed by atoms with E-state index in [1.807, 2.05) is 6.07 Å². The van der Waals surface area contributed by atoms with Crippen molar-refractivity contribution in [2.45, 2.75) is 18.8 Å². The fraction of sp³-hybridized carbons (Fsp3) is 0.471. The molecule has 3 rings (SSSR count). The van der Waals surface area contributed by atoms with Gasteiger partial charge in [0.25, 0.3) is 0 Å². The second kappa shape index (κ2) is 6.76. The van der Waals surface area contributed by atoms with Crippen molar-refractivity contribution in [1.29, 1.82) is 0 Å². The summed E-state index contributed by atoms with van der Waals surface area (Å²) in [7, 11) is 0. The summed E-state index contributed by atoms with van der Waals surface area (Å²) < 4.78 is 5.35. The van der Waals surface area contributed by atoms with E-state index in [2.05, 4.69) is 41.0 Å². The fourth-order valence-corrected chi connectivity index (χ4v) is 2.79. The van der Waals surface area contributed by atoms with Gasteiger partial charge in [-0.3, -0.25) is 0 Å². The molecule has 4 nitrogen and oxygen atoms in total. The van der Waals surface area contributed by atoms with Gasteiger partial charge in [-0.2, -0.15) is 0 Å². The summed E-state index contributed by atoms with van der Waals surface area (Å²) in [6, 6.07) is 10.4. The van der Waals surface area contributed by atoms with Gasteiger partial charge in [0.2, 0.25) is 0 Å². The predicted octanol–water partition coefficient (Wildman–Crippen LogP) is 2.44. The number of hydrogen-bond acceptors (Lipinski definition) is 2. The molecule has 2 N–H and O–H groups in total. The van der Waals surface area contributed by atoms with E-state index in [1.165, 1.54) is 12.0 Å². The third-order valence-corrected chi connectivity index (χ3v) is 4.13. The molecule has 0 spiro atoms. The molecule has 1 aliphatic carbocycles. The lowest BCUT2D eigenvalue weighted by Gasteiger charge is -2.14. The summed E-state index contributed by atoms with van der Waals surface area (Å²) in [6.45, 7) is 2.76.